The number of fused-ring (bicyclic) bond motifs is 1. The van der Waals surface area contributed by atoms with Gasteiger partial charge in [-0.3, -0.25) is 18.9 Å². The van der Waals surface area contributed by atoms with Gasteiger partial charge in [-0.15, -0.1) is 0 Å². The zero-order valence-electron chi connectivity index (χ0n) is 18.0. The number of amides is 1. The lowest BCUT2D eigenvalue weighted by Crippen LogP contribution is -2.31. The first-order valence-electron chi connectivity index (χ1n) is 10.7. The average molecular weight is 479 g/mol. The normalized spacial score (nSPS) is 15.6. The fourth-order valence-corrected chi connectivity index (χ4v) is 4.54. The molecule has 0 spiro atoms. The first-order chi connectivity index (χ1) is 16.5. The molecule has 1 amide bonds. The Hall–Kier alpha value is -3.91. The highest BCUT2D eigenvalue weighted by Gasteiger charge is 2.30. The molecule has 7 nitrogen and oxygen atoms in total. The van der Waals surface area contributed by atoms with Crippen molar-refractivity contribution in [2.75, 3.05) is 13.1 Å². The zero-order chi connectivity index (χ0) is 23.8. The molecule has 0 aliphatic carbocycles. The number of halogens is 2. The van der Waals surface area contributed by atoms with E-state index in [1.54, 1.807) is 58.3 Å². The molecule has 1 saturated heterocycles. The number of hydrogen-bond donors (Lipinski definition) is 0. The average Bonchev–Trinajstić information content (AvgIpc) is 3.42. The minimum absolute atomic E-state index is 0.151. The van der Waals surface area contributed by atoms with Crippen molar-refractivity contribution in [3.63, 3.8) is 0 Å². The fourth-order valence-electron chi connectivity index (χ4n) is 4.32. The maximum Gasteiger partial charge on any atom is 0.334 e. The molecule has 0 radical (unpaired) electrons. The highest BCUT2D eigenvalue weighted by atomic mass is 35.5. The number of carbonyl (C=O) groups excluding carboxylic acids is 1. The van der Waals surface area contributed by atoms with E-state index in [1.165, 1.54) is 22.8 Å². The van der Waals surface area contributed by atoms with Gasteiger partial charge >= 0.3 is 5.69 Å². The maximum absolute atomic E-state index is 13.6. The molecule has 0 bridgehead atoms. The Morgan fingerprint density at radius 2 is 2.06 bits per heavy atom. The molecule has 3 heterocycles. The molecule has 4 aromatic rings. The zero-order valence-corrected chi connectivity index (χ0v) is 18.8. The predicted molar refractivity (Wildman–Crippen MR) is 127 cm³/mol. The van der Waals surface area contributed by atoms with Crippen LogP contribution in [0.15, 0.2) is 78.4 Å². The van der Waals surface area contributed by atoms with Gasteiger partial charge in [0.15, 0.2) is 0 Å². The third kappa shape index (κ3) is 3.86. The number of imidazole rings is 1. The summed E-state index contributed by atoms with van der Waals surface area (Å²) >= 11 is 6.47. The van der Waals surface area contributed by atoms with Crippen molar-refractivity contribution >= 4 is 28.5 Å². The quantitative estimate of drug-likeness (QED) is 0.389. The van der Waals surface area contributed by atoms with E-state index in [9.17, 15) is 14.0 Å². The summed E-state index contributed by atoms with van der Waals surface area (Å²) in [5.41, 5.74) is 1.62. The van der Waals surface area contributed by atoms with E-state index < -0.39 is 5.82 Å². The Morgan fingerprint density at radius 1 is 1.21 bits per heavy atom. The summed E-state index contributed by atoms with van der Waals surface area (Å²) in [6, 6.07) is 12.3. The van der Waals surface area contributed by atoms with Gasteiger partial charge in [-0.1, -0.05) is 24.2 Å². The molecule has 1 atom stereocenters. The van der Waals surface area contributed by atoms with E-state index in [1.807, 2.05) is 0 Å². The van der Waals surface area contributed by atoms with Gasteiger partial charge in [-0.2, -0.15) is 0 Å². The SMILES string of the molecule is C=CC(=O)N1CCC(n2c(=O)n(-c3ccc(Oc4cccc(F)c4)c(Cl)c3)c3cnccc32)C1. The highest BCUT2D eigenvalue weighted by molar-refractivity contribution is 6.32. The van der Waals surface area contributed by atoms with Gasteiger partial charge in [0.25, 0.3) is 0 Å². The minimum atomic E-state index is -0.419. The van der Waals surface area contributed by atoms with Crippen molar-refractivity contribution in [1.29, 1.82) is 0 Å². The van der Waals surface area contributed by atoms with Crippen molar-refractivity contribution in [1.82, 2.24) is 19.0 Å². The molecule has 1 fully saturated rings. The Labute approximate surface area is 199 Å². The van der Waals surface area contributed by atoms with Crippen LogP contribution < -0.4 is 10.4 Å². The Bertz CT molecular complexity index is 1480. The summed E-state index contributed by atoms with van der Waals surface area (Å²) in [7, 11) is 0. The summed E-state index contributed by atoms with van der Waals surface area (Å²) in [6.45, 7) is 4.52. The predicted octanol–water partition coefficient (Wildman–Crippen LogP) is 4.73. The molecular weight excluding hydrogens is 459 g/mol. The molecule has 34 heavy (non-hydrogen) atoms. The molecule has 5 rings (SSSR count). The summed E-state index contributed by atoms with van der Waals surface area (Å²) < 4.78 is 22.4. The van der Waals surface area contributed by atoms with E-state index in [-0.39, 0.29) is 22.7 Å². The molecule has 172 valence electrons. The molecular formula is C25H20ClFN4O3. The summed E-state index contributed by atoms with van der Waals surface area (Å²) in [5.74, 6) is 0.0757. The second kappa shape index (κ2) is 8.79. The van der Waals surface area contributed by atoms with Gasteiger partial charge in [0.05, 0.1) is 34.0 Å². The van der Waals surface area contributed by atoms with Crippen LogP contribution in [-0.2, 0) is 4.79 Å². The van der Waals surface area contributed by atoms with Crippen LogP contribution in [0.5, 0.6) is 11.5 Å². The van der Waals surface area contributed by atoms with Gasteiger partial charge in [-0.25, -0.2) is 9.18 Å². The summed E-state index contributed by atoms with van der Waals surface area (Å²) in [5, 5.41) is 0.266. The van der Waals surface area contributed by atoms with Crippen molar-refractivity contribution < 1.29 is 13.9 Å². The highest BCUT2D eigenvalue weighted by Crippen LogP contribution is 2.33. The van der Waals surface area contributed by atoms with Crippen LogP contribution in [0.1, 0.15) is 12.5 Å². The Morgan fingerprint density at radius 3 is 2.82 bits per heavy atom. The molecule has 1 aliphatic heterocycles. The number of nitrogens with zero attached hydrogens (tertiary/aromatic N) is 4. The number of aromatic nitrogens is 3. The van der Waals surface area contributed by atoms with Crippen molar-refractivity contribution in [3.05, 3.63) is 94.9 Å². The van der Waals surface area contributed by atoms with E-state index >= 15 is 0 Å². The Balaban J connectivity index is 1.54. The van der Waals surface area contributed by atoms with E-state index in [0.29, 0.717) is 47.7 Å². The summed E-state index contributed by atoms with van der Waals surface area (Å²) in [4.78, 5) is 31.5. The van der Waals surface area contributed by atoms with Crippen LogP contribution in [0.4, 0.5) is 4.39 Å². The van der Waals surface area contributed by atoms with E-state index in [2.05, 4.69) is 11.6 Å². The molecule has 0 N–H and O–H groups in total. The van der Waals surface area contributed by atoms with Gasteiger partial charge in [0.2, 0.25) is 5.91 Å². The largest absolute Gasteiger partial charge is 0.456 e. The molecule has 1 aliphatic rings. The lowest BCUT2D eigenvalue weighted by atomic mass is 10.2. The first kappa shape index (κ1) is 21.9. The first-order valence-corrected chi connectivity index (χ1v) is 11.1. The fraction of sp³-hybridized carbons (Fsp3) is 0.160. The topological polar surface area (TPSA) is 69.4 Å². The van der Waals surface area contributed by atoms with Crippen molar-refractivity contribution in [3.8, 4) is 17.2 Å². The van der Waals surface area contributed by atoms with Gasteiger partial charge in [0, 0.05) is 25.4 Å². The minimum Gasteiger partial charge on any atom is -0.456 e. The maximum atomic E-state index is 13.6. The number of pyridine rings is 1. The van der Waals surface area contributed by atoms with Crippen molar-refractivity contribution in [2.45, 2.75) is 12.5 Å². The molecule has 2 aromatic carbocycles. The smallest absolute Gasteiger partial charge is 0.334 e. The van der Waals surface area contributed by atoms with Crippen molar-refractivity contribution in [2.24, 2.45) is 0 Å². The number of rotatable bonds is 5. The molecule has 9 heteroatoms. The standard InChI is InChI=1S/C25H20ClFN4O3/c1-2-24(32)29-11-9-18(15-29)31-21-8-10-28-14-22(21)30(25(31)33)17-6-7-23(20(26)13-17)34-19-5-3-4-16(27)12-19/h2-8,10,12-14,18H,1,9,11,15H2. The second-order valence-electron chi connectivity index (χ2n) is 7.96. The van der Waals surface area contributed by atoms with Crippen LogP contribution in [0, 0.1) is 5.82 Å². The lowest BCUT2D eigenvalue weighted by Gasteiger charge is -2.15. The molecule has 0 saturated carbocycles. The number of benzene rings is 2. The monoisotopic (exact) mass is 478 g/mol. The van der Waals surface area contributed by atoms with Crippen LogP contribution >= 0.6 is 11.6 Å². The van der Waals surface area contributed by atoms with Crippen LogP contribution in [-0.4, -0.2) is 38.0 Å². The number of hydrogen-bond acceptors (Lipinski definition) is 4. The van der Waals surface area contributed by atoms with E-state index in [4.69, 9.17) is 16.3 Å². The molecule has 1 unspecified atom stereocenters. The van der Waals surface area contributed by atoms with Crippen LogP contribution in [0.3, 0.4) is 0 Å². The van der Waals surface area contributed by atoms with Gasteiger partial charge < -0.3 is 9.64 Å². The third-order valence-corrected chi connectivity index (χ3v) is 6.18. The molecule has 2 aromatic heterocycles. The van der Waals surface area contributed by atoms with Crippen LogP contribution in [0.2, 0.25) is 5.02 Å². The number of ether oxygens (including phenoxy) is 1. The number of likely N-dealkylation sites (tertiary alicyclic amines) is 1. The second-order valence-corrected chi connectivity index (χ2v) is 8.36. The van der Waals surface area contributed by atoms with Gasteiger partial charge in [0.1, 0.15) is 17.3 Å². The van der Waals surface area contributed by atoms with Gasteiger partial charge in [-0.05, 0) is 48.9 Å². The number of carbonyl (C=O) groups is 1. The van der Waals surface area contributed by atoms with Crippen LogP contribution in [0.25, 0.3) is 16.7 Å². The van der Waals surface area contributed by atoms with E-state index in [0.717, 1.165) is 0 Å². The Kier molecular flexibility index (Phi) is 5.67. The lowest BCUT2D eigenvalue weighted by molar-refractivity contribution is -0.125. The third-order valence-electron chi connectivity index (χ3n) is 5.89. The summed E-state index contributed by atoms with van der Waals surface area (Å²) in [6.07, 6.45) is 5.20.